The van der Waals surface area contributed by atoms with Crippen molar-refractivity contribution >= 4 is 10.2 Å². The van der Waals surface area contributed by atoms with Gasteiger partial charge in [0.1, 0.15) is 0 Å². The molecular weight excluding hydrogens is 214 g/mol. The lowest BCUT2D eigenvalue weighted by molar-refractivity contribution is 0.221. The molecule has 0 saturated carbocycles. The second-order valence-corrected chi connectivity index (χ2v) is 5.71. The van der Waals surface area contributed by atoms with Gasteiger partial charge in [-0.05, 0) is 13.5 Å². The highest BCUT2D eigenvalue weighted by atomic mass is 32.2. The summed E-state index contributed by atoms with van der Waals surface area (Å²) in [6.07, 6.45) is 1.90. The van der Waals surface area contributed by atoms with E-state index in [1.54, 1.807) is 0 Å². The molecule has 90 valence electrons. The number of piperazine rings is 1. The summed E-state index contributed by atoms with van der Waals surface area (Å²) >= 11 is 0. The summed E-state index contributed by atoms with van der Waals surface area (Å²) in [6, 6.07) is 0. The Morgan fingerprint density at radius 2 is 1.80 bits per heavy atom. The predicted octanol–water partition coefficient (Wildman–Crippen LogP) is -0.132. The van der Waals surface area contributed by atoms with Gasteiger partial charge in [0.05, 0.1) is 0 Å². The van der Waals surface area contributed by atoms with Gasteiger partial charge in [-0.25, -0.2) is 4.72 Å². The lowest BCUT2D eigenvalue weighted by Gasteiger charge is -2.31. The number of hydrogen-bond acceptors (Lipinski definition) is 3. The Hall–Kier alpha value is -0.170. The average molecular weight is 235 g/mol. The normalized spacial score (nSPS) is 20.7. The molecule has 1 heterocycles. The number of unbranched alkanes of at least 4 members (excludes halogenated alkanes) is 1. The van der Waals surface area contributed by atoms with Crippen molar-refractivity contribution in [1.29, 1.82) is 0 Å². The minimum Gasteiger partial charge on any atom is -0.304 e. The van der Waals surface area contributed by atoms with E-state index in [9.17, 15) is 8.42 Å². The van der Waals surface area contributed by atoms with Crippen LogP contribution in [0.4, 0.5) is 0 Å². The molecule has 1 N–H and O–H groups in total. The fraction of sp³-hybridized carbons (Fsp3) is 1.00. The molecule has 0 spiro atoms. The Bertz CT molecular complexity index is 271. The average Bonchev–Trinajstić information content (AvgIpc) is 2.18. The van der Waals surface area contributed by atoms with Crippen molar-refractivity contribution in [1.82, 2.24) is 13.9 Å². The van der Waals surface area contributed by atoms with Gasteiger partial charge in [0.2, 0.25) is 0 Å². The van der Waals surface area contributed by atoms with Crippen molar-refractivity contribution in [2.24, 2.45) is 0 Å². The molecule has 1 aliphatic heterocycles. The zero-order valence-electron chi connectivity index (χ0n) is 9.57. The molecule has 0 amide bonds. The van der Waals surface area contributed by atoms with Crippen LogP contribution in [0.25, 0.3) is 0 Å². The van der Waals surface area contributed by atoms with Crippen LogP contribution in [0.1, 0.15) is 19.8 Å². The summed E-state index contributed by atoms with van der Waals surface area (Å²) in [6.45, 7) is 5.41. The van der Waals surface area contributed by atoms with E-state index >= 15 is 0 Å². The molecule has 0 aromatic rings. The Kier molecular flexibility index (Phi) is 4.98. The summed E-state index contributed by atoms with van der Waals surface area (Å²) in [5.41, 5.74) is 0. The van der Waals surface area contributed by atoms with Crippen LogP contribution in [0, 0.1) is 0 Å². The van der Waals surface area contributed by atoms with Crippen LogP contribution in [-0.2, 0) is 10.2 Å². The van der Waals surface area contributed by atoms with Crippen molar-refractivity contribution in [2.75, 3.05) is 39.8 Å². The maximum atomic E-state index is 11.8. The van der Waals surface area contributed by atoms with E-state index in [0.29, 0.717) is 19.6 Å². The first-order valence-corrected chi connectivity index (χ1v) is 6.93. The zero-order chi connectivity index (χ0) is 11.3. The van der Waals surface area contributed by atoms with Crippen molar-refractivity contribution < 1.29 is 8.42 Å². The van der Waals surface area contributed by atoms with E-state index in [1.165, 1.54) is 4.31 Å². The number of nitrogens with zero attached hydrogens (tertiary/aromatic N) is 2. The van der Waals surface area contributed by atoms with Gasteiger partial charge < -0.3 is 4.90 Å². The predicted molar refractivity (Wildman–Crippen MR) is 60.9 cm³/mol. The second-order valence-electron chi connectivity index (χ2n) is 3.96. The zero-order valence-corrected chi connectivity index (χ0v) is 10.4. The maximum absolute atomic E-state index is 11.8. The van der Waals surface area contributed by atoms with Gasteiger partial charge in [-0.2, -0.15) is 12.7 Å². The highest BCUT2D eigenvalue weighted by Gasteiger charge is 2.24. The Morgan fingerprint density at radius 3 is 2.33 bits per heavy atom. The van der Waals surface area contributed by atoms with E-state index < -0.39 is 10.2 Å². The van der Waals surface area contributed by atoms with Crippen LogP contribution in [0.2, 0.25) is 0 Å². The summed E-state index contributed by atoms with van der Waals surface area (Å²) in [5.74, 6) is 0. The fourth-order valence-electron chi connectivity index (χ4n) is 1.50. The highest BCUT2D eigenvalue weighted by Crippen LogP contribution is 2.04. The molecule has 0 radical (unpaired) electrons. The molecule has 1 fully saturated rings. The molecule has 1 saturated heterocycles. The molecule has 1 rings (SSSR count). The topological polar surface area (TPSA) is 52.7 Å². The van der Waals surface area contributed by atoms with Crippen LogP contribution in [0.5, 0.6) is 0 Å². The lowest BCUT2D eigenvalue weighted by Crippen LogP contribution is -2.51. The van der Waals surface area contributed by atoms with Gasteiger partial charge in [-0.15, -0.1) is 0 Å². The first-order chi connectivity index (χ1) is 7.06. The molecule has 6 heteroatoms. The number of hydrogen-bond donors (Lipinski definition) is 1. The number of nitrogens with one attached hydrogen (secondary N) is 1. The van der Waals surface area contributed by atoms with E-state index in [-0.39, 0.29) is 0 Å². The summed E-state index contributed by atoms with van der Waals surface area (Å²) in [4.78, 5) is 2.14. The SMILES string of the molecule is CCCCNS(=O)(=O)N1CCN(C)CC1. The van der Waals surface area contributed by atoms with Crippen molar-refractivity contribution in [2.45, 2.75) is 19.8 Å². The lowest BCUT2D eigenvalue weighted by atomic mass is 10.3. The molecule has 0 aliphatic carbocycles. The quantitative estimate of drug-likeness (QED) is 0.675. The number of rotatable bonds is 5. The van der Waals surface area contributed by atoms with E-state index in [1.807, 2.05) is 14.0 Å². The van der Waals surface area contributed by atoms with Crippen molar-refractivity contribution in [3.63, 3.8) is 0 Å². The van der Waals surface area contributed by atoms with Crippen LogP contribution >= 0.6 is 0 Å². The summed E-state index contributed by atoms with van der Waals surface area (Å²) in [5, 5.41) is 0. The minimum absolute atomic E-state index is 0.547. The van der Waals surface area contributed by atoms with Crippen LogP contribution in [-0.4, -0.2) is 57.4 Å². The van der Waals surface area contributed by atoms with E-state index in [2.05, 4.69) is 9.62 Å². The molecular formula is C9H21N3O2S. The largest absolute Gasteiger partial charge is 0.304 e. The third-order valence-electron chi connectivity index (χ3n) is 2.62. The standard InChI is InChI=1S/C9H21N3O2S/c1-3-4-5-10-15(13,14)12-8-6-11(2)7-9-12/h10H,3-9H2,1-2H3. The monoisotopic (exact) mass is 235 g/mol. The highest BCUT2D eigenvalue weighted by molar-refractivity contribution is 7.87. The molecule has 0 bridgehead atoms. The van der Waals surface area contributed by atoms with Crippen LogP contribution in [0.15, 0.2) is 0 Å². The van der Waals surface area contributed by atoms with Gasteiger partial charge in [0.25, 0.3) is 10.2 Å². The summed E-state index contributed by atoms with van der Waals surface area (Å²) < 4.78 is 27.7. The van der Waals surface area contributed by atoms with Gasteiger partial charge in [-0.3, -0.25) is 0 Å². The molecule has 5 nitrogen and oxygen atoms in total. The second kappa shape index (κ2) is 5.79. The third-order valence-corrected chi connectivity index (χ3v) is 4.23. The van der Waals surface area contributed by atoms with Gasteiger partial charge in [0.15, 0.2) is 0 Å². The van der Waals surface area contributed by atoms with Crippen molar-refractivity contribution in [3.8, 4) is 0 Å². The van der Waals surface area contributed by atoms with Crippen molar-refractivity contribution in [3.05, 3.63) is 0 Å². The molecule has 0 atom stereocenters. The Balaban J connectivity index is 2.40. The molecule has 0 unspecified atom stereocenters. The Morgan fingerprint density at radius 1 is 1.20 bits per heavy atom. The summed E-state index contributed by atoms with van der Waals surface area (Å²) in [7, 11) is -1.21. The van der Waals surface area contributed by atoms with E-state index in [4.69, 9.17) is 0 Å². The smallest absolute Gasteiger partial charge is 0.279 e. The van der Waals surface area contributed by atoms with Crippen LogP contribution in [0.3, 0.4) is 0 Å². The van der Waals surface area contributed by atoms with E-state index in [0.717, 1.165) is 25.9 Å². The maximum Gasteiger partial charge on any atom is 0.279 e. The van der Waals surface area contributed by atoms with Gasteiger partial charge >= 0.3 is 0 Å². The minimum atomic E-state index is -3.22. The molecule has 1 aliphatic rings. The van der Waals surface area contributed by atoms with Crippen LogP contribution < -0.4 is 4.72 Å². The third kappa shape index (κ3) is 4.06. The Labute approximate surface area is 92.6 Å². The molecule has 0 aromatic heterocycles. The fourth-order valence-corrected chi connectivity index (χ4v) is 2.73. The first-order valence-electron chi connectivity index (χ1n) is 5.49. The number of likely N-dealkylation sites (N-methyl/N-ethyl adjacent to an activating group) is 1. The molecule has 15 heavy (non-hydrogen) atoms. The van der Waals surface area contributed by atoms with Gasteiger partial charge in [-0.1, -0.05) is 13.3 Å². The van der Waals surface area contributed by atoms with Gasteiger partial charge in [0, 0.05) is 32.7 Å². The molecule has 0 aromatic carbocycles. The first kappa shape index (κ1) is 12.9.